The molecular weight excluding hydrogens is 264 g/mol. The average Bonchev–Trinajstić information content (AvgIpc) is 2.44. The minimum Gasteiger partial charge on any atom is -0.356 e. The molecule has 1 amide bonds. The highest BCUT2D eigenvalue weighted by Crippen LogP contribution is 2.21. The fourth-order valence-corrected chi connectivity index (χ4v) is 2.64. The maximum Gasteiger partial charge on any atom is 0.225 e. The second-order valence-electron chi connectivity index (χ2n) is 6.35. The van der Waals surface area contributed by atoms with Crippen LogP contribution in [0.5, 0.6) is 0 Å². The van der Waals surface area contributed by atoms with Gasteiger partial charge in [0.1, 0.15) is 0 Å². The highest BCUT2D eigenvalue weighted by atomic mass is 16.1. The number of aryl methyl sites for hydroxylation is 2. The number of hydrogen-bond acceptors (Lipinski definition) is 4. The maximum absolute atomic E-state index is 12.1. The van der Waals surface area contributed by atoms with Gasteiger partial charge in [0, 0.05) is 36.9 Å². The molecule has 1 N–H and O–H groups in total. The van der Waals surface area contributed by atoms with Gasteiger partial charge in [-0.05, 0) is 38.7 Å². The lowest BCUT2D eigenvalue weighted by Gasteiger charge is -2.31. The zero-order valence-electron chi connectivity index (χ0n) is 13.5. The third-order valence-corrected chi connectivity index (χ3v) is 3.80. The van der Waals surface area contributed by atoms with E-state index in [1.165, 1.54) is 0 Å². The monoisotopic (exact) mass is 290 g/mol. The average molecular weight is 290 g/mol. The first-order chi connectivity index (χ1) is 9.95. The Kier molecular flexibility index (Phi) is 5.15. The first kappa shape index (κ1) is 15.7. The number of anilines is 1. The number of carbonyl (C=O) groups is 1. The number of hydrogen-bond donors (Lipinski definition) is 1. The number of nitrogens with zero attached hydrogens (tertiary/aromatic N) is 3. The van der Waals surface area contributed by atoms with Crippen molar-refractivity contribution in [1.29, 1.82) is 0 Å². The quantitative estimate of drug-likeness (QED) is 0.922. The number of amides is 1. The Morgan fingerprint density at radius 3 is 2.38 bits per heavy atom. The van der Waals surface area contributed by atoms with Crippen LogP contribution in [0.15, 0.2) is 6.07 Å². The van der Waals surface area contributed by atoms with Gasteiger partial charge in [-0.25, -0.2) is 9.97 Å². The Hall–Kier alpha value is -1.65. The predicted octanol–water partition coefficient (Wildman–Crippen LogP) is 2.08. The van der Waals surface area contributed by atoms with E-state index in [0.717, 1.165) is 49.8 Å². The van der Waals surface area contributed by atoms with E-state index in [1.807, 2.05) is 19.9 Å². The zero-order chi connectivity index (χ0) is 15.4. The molecule has 21 heavy (non-hydrogen) atoms. The third kappa shape index (κ3) is 4.41. The predicted molar refractivity (Wildman–Crippen MR) is 84.3 cm³/mol. The zero-order valence-corrected chi connectivity index (χ0v) is 13.5. The number of rotatable bonds is 4. The number of aromatic nitrogens is 2. The molecule has 1 saturated heterocycles. The van der Waals surface area contributed by atoms with E-state index in [0.29, 0.717) is 5.92 Å². The molecule has 1 aromatic rings. The minimum absolute atomic E-state index is 0.130. The summed E-state index contributed by atoms with van der Waals surface area (Å²) in [5.74, 6) is 1.63. The van der Waals surface area contributed by atoms with Gasteiger partial charge in [-0.15, -0.1) is 0 Å². The van der Waals surface area contributed by atoms with Gasteiger partial charge in [0.25, 0.3) is 0 Å². The van der Waals surface area contributed by atoms with Gasteiger partial charge in [-0.2, -0.15) is 0 Å². The number of carbonyl (C=O) groups excluding carboxylic acids is 1. The number of piperidine rings is 1. The van der Waals surface area contributed by atoms with Crippen LogP contribution in [-0.4, -0.2) is 35.5 Å². The normalized spacial score (nSPS) is 16.3. The van der Waals surface area contributed by atoms with E-state index in [-0.39, 0.29) is 11.8 Å². The summed E-state index contributed by atoms with van der Waals surface area (Å²) in [5.41, 5.74) is 1.99. The van der Waals surface area contributed by atoms with Gasteiger partial charge >= 0.3 is 0 Å². The molecule has 5 nitrogen and oxygen atoms in total. The smallest absolute Gasteiger partial charge is 0.225 e. The lowest BCUT2D eigenvalue weighted by atomic mass is 9.96. The van der Waals surface area contributed by atoms with Gasteiger partial charge < -0.3 is 10.2 Å². The molecule has 2 rings (SSSR count). The summed E-state index contributed by atoms with van der Waals surface area (Å²) in [6.07, 6.45) is 1.75. The molecule has 5 heteroatoms. The van der Waals surface area contributed by atoms with E-state index in [2.05, 4.69) is 34.0 Å². The summed E-state index contributed by atoms with van der Waals surface area (Å²) >= 11 is 0. The van der Waals surface area contributed by atoms with Crippen molar-refractivity contribution in [2.24, 2.45) is 11.8 Å². The van der Waals surface area contributed by atoms with Crippen LogP contribution in [-0.2, 0) is 4.79 Å². The van der Waals surface area contributed by atoms with Crippen LogP contribution in [0.1, 0.15) is 38.1 Å². The van der Waals surface area contributed by atoms with Crippen LogP contribution in [0, 0.1) is 25.7 Å². The molecule has 0 atom stereocenters. The molecule has 116 valence electrons. The topological polar surface area (TPSA) is 58.1 Å². The second-order valence-corrected chi connectivity index (χ2v) is 6.35. The van der Waals surface area contributed by atoms with Crippen molar-refractivity contribution in [1.82, 2.24) is 15.3 Å². The van der Waals surface area contributed by atoms with Gasteiger partial charge in [0.2, 0.25) is 11.9 Å². The molecule has 1 aliphatic rings. The van der Waals surface area contributed by atoms with Crippen LogP contribution >= 0.6 is 0 Å². The molecule has 1 aromatic heterocycles. The lowest BCUT2D eigenvalue weighted by molar-refractivity contribution is -0.125. The van der Waals surface area contributed by atoms with Crippen molar-refractivity contribution >= 4 is 11.9 Å². The van der Waals surface area contributed by atoms with E-state index in [4.69, 9.17) is 0 Å². The molecule has 0 bridgehead atoms. The Morgan fingerprint density at radius 2 is 1.86 bits per heavy atom. The summed E-state index contributed by atoms with van der Waals surface area (Å²) in [5, 5.41) is 3.04. The summed E-state index contributed by atoms with van der Waals surface area (Å²) < 4.78 is 0. The highest BCUT2D eigenvalue weighted by Gasteiger charge is 2.26. The fraction of sp³-hybridized carbons (Fsp3) is 0.688. The third-order valence-electron chi connectivity index (χ3n) is 3.80. The van der Waals surface area contributed by atoms with E-state index >= 15 is 0 Å². The molecule has 0 saturated carbocycles. The molecule has 1 aliphatic heterocycles. The largest absolute Gasteiger partial charge is 0.356 e. The van der Waals surface area contributed by atoms with E-state index in [9.17, 15) is 4.79 Å². The summed E-state index contributed by atoms with van der Waals surface area (Å²) in [6.45, 7) is 10.7. The van der Waals surface area contributed by atoms with Crippen LogP contribution in [0.25, 0.3) is 0 Å². The molecule has 0 aromatic carbocycles. The second kappa shape index (κ2) is 6.87. The van der Waals surface area contributed by atoms with Crippen LogP contribution < -0.4 is 10.2 Å². The van der Waals surface area contributed by atoms with Crippen LogP contribution in [0.4, 0.5) is 5.95 Å². The molecule has 0 radical (unpaired) electrons. The van der Waals surface area contributed by atoms with Crippen molar-refractivity contribution in [3.05, 3.63) is 17.5 Å². The first-order valence-corrected chi connectivity index (χ1v) is 7.80. The van der Waals surface area contributed by atoms with Gasteiger partial charge in [-0.3, -0.25) is 4.79 Å². The Bertz CT molecular complexity index is 473. The minimum atomic E-state index is 0.130. The Balaban J connectivity index is 1.89. The molecule has 0 unspecified atom stereocenters. The van der Waals surface area contributed by atoms with Crippen molar-refractivity contribution in [2.45, 2.75) is 40.5 Å². The van der Waals surface area contributed by atoms with Gasteiger partial charge in [-0.1, -0.05) is 13.8 Å². The van der Waals surface area contributed by atoms with Gasteiger partial charge in [0.15, 0.2) is 0 Å². The standard InChI is InChI=1S/C16H26N4O/c1-11(2)10-17-15(21)14-5-7-20(8-6-14)16-18-12(3)9-13(4)19-16/h9,11,14H,5-8,10H2,1-4H3,(H,17,21). The summed E-state index contributed by atoms with van der Waals surface area (Å²) in [6, 6.07) is 1.98. The van der Waals surface area contributed by atoms with E-state index < -0.39 is 0 Å². The number of nitrogens with one attached hydrogen (secondary N) is 1. The highest BCUT2D eigenvalue weighted by molar-refractivity contribution is 5.78. The van der Waals surface area contributed by atoms with Crippen molar-refractivity contribution < 1.29 is 4.79 Å². The maximum atomic E-state index is 12.1. The first-order valence-electron chi connectivity index (χ1n) is 7.80. The van der Waals surface area contributed by atoms with E-state index in [1.54, 1.807) is 0 Å². The van der Waals surface area contributed by atoms with Gasteiger partial charge in [0.05, 0.1) is 0 Å². The summed E-state index contributed by atoms with van der Waals surface area (Å²) in [7, 11) is 0. The van der Waals surface area contributed by atoms with Crippen LogP contribution in [0.2, 0.25) is 0 Å². The van der Waals surface area contributed by atoms with Crippen molar-refractivity contribution in [3.8, 4) is 0 Å². The molecule has 0 aliphatic carbocycles. The molecule has 1 fully saturated rings. The Labute approximate surface area is 127 Å². The Morgan fingerprint density at radius 1 is 1.29 bits per heavy atom. The van der Waals surface area contributed by atoms with Crippen molar-refractivity contribution in [2.75, 3.05) is 24.5 Å². The molecule has 2 heterocycles. The van der Waals surface area contributed by atoms with Crippen LogP contribution in [0.3, 0.4) is 0 Å². The SMILES string of the molecule is Cc1cc(C)nc(N2CCC(C(=O)NCC(C)C)CC2)n1. The summed E-state index contributed by atoms with van der Waals surface area (Å²) in [4.78, 5) is 23.3. The van der Waals surface area contributed by atoms with Crippen molar-refractivity contribution in [3.63, 3.8) is 0 Å². The molecule has 0 spiro atoms. The lowest BCUT2D eigenvalue weighted by Crippen LogP contribution is -2.42. The molecular formula is C16H26N4O. The fourth-order valence-electron chi connectivity index (χ4n) is 2.64.